The molecule has 1 N–H and O–H groups in total. The summed E-state index contributed by atoms with van der Waals surface area (Å²) in [7, 11) is 0. The largest absolute Gasteiger partial charge is 0.573 e. The topological polar surface area (TPSA) is 21.3 Å². The quantitative estimate of drug-likeness (QED) is 0.830. The van der Waals surface area contributed by atoms with Crippen LogP contribution in [0.25, 0.3) is 0 Å². The van der Waals surface area contributed by atoms with Gasteiger partial charge in [-0.1, -0.05) is 18.2 Å². The van der Waals surface area contributed by atoms with Crippen molar-refractivity contribution in [2.24, 2.45) is 0 Å². The number of benzene rings is 2. The maximum atomic E-state index is 13.5. The summed E-state index contributed by atoms with van der Waals surface area (Å²) >= 11 is 0. The normalized spacial score (nSPS) is 11.3. The zero-order valence-electron chi connectivity index (χ0n) is 11.2. The van der Waals surface area contributed by atoms with Crippen LogP contribution in [0.2, 0.25) is 0 Å². The van der Waals surface area contributed by atoms with E-state index in [0.717, 1.165) is 5.56 Å². The number of alkyl halides is 3. The Morgan fingerprint density at radius 2 is 1.86 bits per heavy atom. The maximum absolute atomic E-state index is 13.5. The lowest BCUT2D eigenvalue weighted by Crippen LogP contribution is -2.17. The van der Waals surface area contributed by atoms with Crippen LogP contribution in [-0.4, -0.2) is 6.36 Å². The van der Waals surface area contributed by atoms with E-state index in [1.807, 2.05) is 6.92 Å². The summed E-state index contributed by atoms with van der Waals surface area (Å²) in [4.78, 5) is 0. The van der Waals surface area contributed by atoms with E-state index >= 15 is 0 Å². The molecular weight excluding hydrogens is 286 g/mol. The van der Waals surface area contributed by atoms with Crippen molar-refractivity contribution in [3.8, 4) is 5.75 Å². The average molecular weight is 299 g/mol. The molecule has 0 aliphatic rings. The second kappa shape index (κ2) is 6.03. The van der Waals surface area contributed by atoms with Gasteiger partial charge in [0.25, 0.3) is 0 Å². The van der Waals surface area contributed by atoms with Gasteiger partial charge in [-0.05, 0) is 42.3 Å². The van der Waals surface area contributed by atoms with Crippen molar-refractivity contribution in [2.45, 2.75) is 19.8 Å². The highest BCUT2D eigenvalue weighted by Gasteiger charge is 2.31. The molecule has 0 bridgehead atoms. The Labute approximate surface area is 119 Å². The molecule has 0 spiro atoms. The first-order chi connectivity index (χ1) is 9.83. The van der Waals surface area contributed by atoms with Gasteiger partial charge in [0.15, 0.2) is 0 Å². The van der Waals surface area contributed by atoms with Crippen molar-refractivity contribution >= 4 is 5.69 Å². The SMILES string of the molecule is Cc1ccc(F)c(NCc2cccc(OC(F)(F)F)c2)c1. The zero-order valence-corrected chi connectivity index (χ0v) is 11.2. The van der Waals surface area contributed by atoms with Crippen molar-refractivity contribution < 1.29 is 22.3 Å². The lowest BCUT2D eigenvalue weighted by atomic mass is 10.2. The second-order valence-electron chi connectivity index (χ2n) is 4.53. The minimum absolute atomic E-state index is 0.190. The molecule has 0 amide bonds. The van der Waals surface area contributed by atoms with E-state index in [9.17, 15) is 17.6 Å². The summed E-state index contributed by atoms with van der Waals surface area (Å²) in [5.41, 5.74) is 1.74. The zero-order chi connectivity index (χ0) is 15.5. The first kappa shape index (κ1) is 15.2. The van der Waals surface area contributed by atoms with E-state index < -0.39 is 12.2 Å². The van der Waals surface area contributed by atoms with E-state index in [-0.39, 0.29) is 12.3 Å². The number of anilines is 1. The Morgan fingerprint density at radius 1 is 1.10 bits per heavy atom. The Balaban J connectivity index is 2.06. The molecule has 0 saturated heterocycles. The molecule has 0 saturated carbocycles. The standard InChI is InChI=1S/C15H13F4NO/c1-10-5-6-13(16)14(7-10)20-9-11-3-2-4-12(8-11)21-15(17,18)19/h2-8,20H,9H2,1H3. The molecule has 2 aromatic rings. The van der Waals surface area contributed by atoms with Crippen LogP contribution >= 0.6 is 0 Å². The number of aryl methyl sites for hydroxylation is 1. The minimum Gasteiger partial charge on any atom is -0.406 e. The van der Waals surface area contributed by atoms with Gasteiger partial charge in [-0.15, -0.1) is 13.2 Å². The summed E-state index contributed by atoms with van der Waals surface area (Å²) in [6.45, 7) is 2.01. The van der Waals surface area contributed by atoms with Crippen LogP contribution < -0.4 is 10.1 Å². The fourth-order valence-electron chi connectivity index (χ4n) is 1.82. The molecule has 2 aromatic carbocycles. The van der Waals surface area contributed by atoms with Crippen molar-refractivity contribution in [2.75, 3.05) is 5.32 Å². The smallest absolute Gasteiger partial charge is 0.406 e. The molecule has 21 heavy (non-hydrogen) atoms. The van der Waals surface area contributed by atoms with Crippen LogP contribution in [0.5, 0.6) is 5.75 Å². The van der Waals surface area contributed by atoms with Crippen LogP contribution in [0.4, 0.5) is 23.2 Å². The Bertz CT molecular complexity index is 625. The third kappa shape index (κ3) is 4.66. The third-order valence-corrected chi connectivity index (χ3v) is 2.74. The van der Waals surface area contributed by atoms with Crippen LogP contribution in [0, 0.1) is 12.7 Å². The van der Waals surface area contributed by atoms with E-state index in [1.165, 1.54) is 24.3 Å². The van der Waals surface area contributed by atoms with E-state index in [2.05, 4.69) is 10.1 Å². The number of hydrogen-bond donors (Lipinski definition) is 1. The fraction of sp³-hybridized carbons (Fsp3) is 0.200. The van der Waals surface area contributed by atoms with Gasteiger partial charge in [-0.25, -0.2) is 4.39 Å². The van der Waals surface area contributed by atoms with Gasteiger partial charge in [0.1, 0.15) is 11.6 Å². The van der Waals surface area contributed by atoms with Crippen molar-refractivity contribution in [1.29, 1.82) is 0 Å². The van der Waals surface area contributed by atoms with Crippen molar-refractivity contribution in [1.82, 2.24) is 0 Å². The van der Waals surface area contributed by atoms with Gasteiger partial charge in [-0.2, -0.15) is 0 Å². The van der Waals surface area contributed by atoms with E-state index in [0.29, 0.717) is 11.3 Å². The molecule has 0 fully saturated rings. The van der Waals surface area contributed by atoms with Crippen molar-refractivity contribution in [3.05, 3.63) is 59.4 Å². The number of halogens is 4. The highest BCUT2D eigenvalue weighted by atomic mass is 19.4. The lowest BCUT2D eigenvalue weighted by molar-refractivity contribution is -0.274. The molecule has 0 radical (unpaired) electrons. The van der Waals surface area contributed by atoms with Crippen LogP contribution in [0.15, 0.2) is 42.5 Å². The van der Waals surface area contributed by atoms with Crippen molar-refractivity contribution in [3.63, 3.8) is 0 Å². The molecule has 2 rings (SSSR count). The molecule has 0 aromatic heterocycles. The molecule has 0 unspecified atom stereocenters. The highest BCUT2D eigenvalue weighted by molar-refractivity contribution is 5.47. The predicted octanol–water partition coefficient (Wildman–Crippen LogP) is 4.64. The first-order valence-corrected chi connectivity index (χ1v) is 6.18. The molecule has 0 aliphatic carbocycles. The van der Waals surface area contributed by atoms with Gasteiger partial charge < -0.3 is 10.1 Å². The number of nitrogens with one attached hydrogen (secondary N) is 1. The molecule has 112 valence electrons. The first-order valence-electron chi connectivity index (χ1n) is 6.18. The number of hydrogen-bond acceptors (Lipinski definition) is 2. The third-order valence-electron chi connectivity index (χ3n) is 2.74. The van der Waals surface area contributed by atoms with Crippen LogP contribution in [-0.2, 0) is 6.54 Å². The van der Waals surface area contributed by atoms with Crippen LogP contribution in [0.3, 0.4) is 0 Å². The predicted molar refractivity (Wildman–Crippen MR) is 71.6 cm³/mol. The molecule has 6 heteroatoms. The molecule has 2 nitrogen and oxygen atoms in total. The molecule has 0 atom stereocenters. The lowest BCUT2D eigenvalue weighted by Gasteiger charge is -2.11. The summed E-state index contributed by atoms with van der Waals surface area (Å²) in [6, 6.07) is 10.2. The molecule has 0 aliphatic heterocycles. The van der Waals surface area contributed by atoms with Gasteiger partial charge in [0, 0.05) is 6.54 Å². The minimum atomic E-state index is -4.73. The Kier molecular flexibility index (Phi) is 4.35. The highest BCUT2D eigenvalue weighted by Crippen LogP contribution is 2.24. The summed E-state index contributed by atoms with van der Waals surface area (Å²) in [5, 5.41) is 2.85. The van der Waals surface area contributed by atoms with Gasteiger partial charge in [0.05, 0.1) is 5.69 Å². The number of rotatable bonds is 4. The van der Waals surface area contributed by atoms with Gasteiger partial charge >= 0.3 is 6.36 Å². The molecule has 0 heterocycles. The summed E-state index contributed by atoms with van der Waals surface area (Å²) < 4.78 is 53.8. The Hall–Kier alpha value is -2.24. The number of ether oxygens (including phenoxy) is 1. The Morgan fingerprint density at radius 3 is 2.57 bits per heavy atom. The van der Waals surface area contributed by atoms with Crippen LogP contribution in [0.1, 0.15) is 11.1 Å². The van der Waals surface area contributed by atoms with E-state index in [1.54, 1.807) is 18.2 Å². The monoisotopic (exact) mass is 299 g/mol. The van der Waals surface area contributed by atoms with Gasteiger partial charge in [0.2, 0.25) is 0 Å². The fourth-order valence-corrected chi connectivity index (χ4v) is 1.82. The second-order valence-corrected chi connectivity index (χ2v) is 4.53. The summed E-state index contributed by atoms with van der Waals surface area (Å²) in [5.74, 6) is -0.713. The van der Waals surface area contributed by atoms with Gasteiger partial charge in [-0.3, -0.25) is 0 Å². The van der Waals surface area contributed by atoms with E-state index in [4.69, 9.17) is 0 Å². The maximum Gasteiger partial charge on any atom is 0.573 e. The average Bonchev–Trinajstić information content (AvgIpc) is 2.38. The summed E-state index contributed by atoms with van der Waals surface area (Å²) in [6.07, 6.45) is -4.73. The molecular formula is C15H13F4NO.